The SMILES string of the molecule is CC(=O)N1CC(C)(C)c2ccc(NC(=O)c3ccc(C)c(-c4ccc5nc(NCCN6CCCC6)ncc5c4)c3)cc21. The Morgan fingerprint density at radius 3 is 2.60 bits per heavy atom. The van der Waals surface area contributed by atoms with Crippen molar-refractivity contribution in [1.82, 2.24) is 14.9 Å². The van der Waals surface area contributed by atoms with E-state index in [0.29, 0.717) is 23.7 Å². The van der Waals surface area contributed by atoms with E-state index in [0.717, 1.165) is 51.9 Å². The molecular weight excluding hydrogens is 524 g/mol. The second-order valence-corrected chi connectivity index (χ2v) is 12.1. The number of fused-ring (bicyclic) bond motifs is 2. The smallest absolute Gasteiger partial charge is 0.255 e. The molecule has 216 valence electrons. The quantitative estimate of drug-likeness (QED) is 0.287. The molecule has 0 unspecified atom stereocenters. The molecule has 42 heavy (non-hydrogen) atoms. The molecule has 3 aromatic carbocycles. The summed E-state index contributed by atoms with van der Waals surface area (Å²) < 4.78 is 0. The average molecular weight is 563 g/mol. The lowest BCUT2D eigenvalue weighted by Gasteiger charge is -2.19. The average Bonchev–Trinajstić information content (AvgIpc) is 3.58. The van der Waals surface area contributed by atoms with Crippen LogP contribution in [0, 0.1) is 6.92 Å². The van der Waals surface area contributed by atoms with Crippen molar-refractivity contribution >= 4 is 40.0 Å². The second kappa shape index (κ2) is 11.2. The summed E-state index contributed by atoms with van der Waals surface area (Å²) in [7, 11) is 0. The highest BCUT2D eigenvalue weighted by atomic mass is 16.2. The van der Waals surface area contributed by atoms with E-state index in [4.69, 9.17) is 4.98 Å². The molecule has 8 heteroatoms. The van der Waals surface area contributed by atoms with Crippen LogP contribution in [0.1, 0.15) is 55.1 Å². The monoisotopic (exact) mass is 562 g/mol. The van der Waals surface area contributed by atoms with Crippen LogP contribution in [-0.4, -0.2) is 59.4 Å². The van der Waals surface area contributed by atoms with E-state index >= 15 is 0 Å². The Balaban J connectivity index is 1.19. The van der Waals surface area contributed by atoms with Crippen LogP contribution >= 0.6 is 0 Å². The van der Waals surface area contributed by atoms with Gasteiger partial charge in [0.1, 0.15) is 0 Å². The Morgan fingerprint density at radius 2 is 1.81 bits per heavy atom. The Morgan fingerprint density at radius 1 is 1.00 bits per heavy atom. The van der Waals surface area contributed by atoms with Gasteiger partial charge in [-0.15, -0.1) is 0 Å². The third kappa shape index (κ3) is 5.59. The topological polar surface area (TPSA) is 90.5 Å². The zero-order chi connectivity index (χ0) is 29.4. The van der Waals surface area contributed by atoms with E-state index in [2.05, 4.69) is 40.4 Å². The van der Waals surface area contributed by atoms with Gasteiger partial charge in [-0.1, -0.05) is 32.0 Å². The van der Waals surface area contributed by atoms with Crippen LogP contribution in [0.25, 0.3) is 22.0 Å². The van der Waals surface area contributed by atoms with Gasteiger partial charge in [-0.05, 0) is 91.5 Å². The molecule has 4 aromatic rings. The van der Waals surface area contributed by atoms with Gasteiger partial charge in [-0.3, -0.25) is 9.59 Å². The van der Waals surface area contributed by atoms with Crippen LogP contribution in [0.3, 0.4) is 0 Å². The first-order chi connectivity index (χ1) is 20.2. The number of carbonyl (C=O) groups excluding carboxylic acids is 2. The molecule has 0 aliphatic carbocycles. The van der Waals surface area contributed by atoms with Gasteiger partial charge in [-0.25, -0.2) is 9.97 Å². The first-order valence-electron chi connectivity index (χ1n) is 14.8. The summed E-state index contributed by atoms with van der Waals surface area (Å²) >= 11 is 0. The summed E-state index contributed by atoms with van der Waals surface area (Å²) in [6.07, 6.45) is 4.43. The summed E-state index contributed by atoms with van der Waals surface area (Å²) in [6, 6.07) is 17.7. The first-order valence-corrected chi connectivity index (χ1v) is 14.8. The predicted molar refractivity (Wildman–Crippen MR) is 169 cm³/mol. The maximum Gasteiger partial charge on any atom is 0.255 e. The molecule has 0 saturated carbocycles. The largest absolute Gasteiger partial charge is 0.353 e. The van der Waals surface area contributed by atoms with E-state index in [1.54, 1.807) is 11.8 Å². The zero-order valence-corrected chi connectivity index (χ0v) is 24.8. The molecule has 0 bridgehead atoms. The molecule has 1 aromatic heterocycles. The maximum atomic E-state index is 13.4. The van der Waals surface area contributed by atoms with Crippen molar-refractivity contribution in [2.24, 2.45) is 0 Å². The molecule has 3 heterocycles. The highest BCUT2D eigenvalue weighted by Gasteiger charge is 2.37. The number of likely N-dealkylation sites (tertiary alicyclic amines) is 1. The standard InChI is InChI=1S/C34H38N6O2/c1-22-7-8-25(32(42)37-27-10-11-29-31(19-27)40(23(2)41)21-34(29,3)4)18-28(22)24-9-12-30-26(17-24)20-36-33(38-30)35-13-16-39-14-5-6-15-39/h7-12,17-20H,5-6,13-16,21H2,1-4H3,(H,37,42)(H,35,36,38). The minimum absolute atomic E-state index is 0.000677. The minimum Gasteiger partial charge on any atom is -0.353 e. The molecule has 0 atom stereocenters. The van der Waals surface area contributed by atoms with Gasteiger partial charge in [0.05, 0.1) is 5.52 Å². The van der Waals surface area contributed by atoms with Crippen molar-refractivity contribution in [3.8, 4) is 11.1 Å². The molecule has 0 radical (unpaired) electrons. The van der Waals surface area contributed by atoms with E-state index in [9.17, 15) is 9.59 Å². The number of amides is 2. The van der Waals surface area contributed by atoms with Crippen molar-refractivity contribution in [3.05, 3.63) is 77.5 Å². The van der Waals surface area contributed by atoms with E-state index in [-0.39, 0.29) is 17.2 Å². The lowest BCUT2D eigenvalue weighted by atomic mass is 9.87. The summed E-state index contributed by atoms with van der Waals surface area (Å²) in [6.45, 7) is 12.7. The number of rotatable bonds is 7. The summed E-state index contributed by atoms with van der Waals surface area (Å²) in [4.78, 5) is 39.1. The molecular formula is C34H38N6O2. The third-order valence-corrected chi connectivity index (χ3v) is 8.51. The maximum absolute atomic E-state index is 13.4. The van der Waals surface area contributed by atoms with Crippen molar-refractivity contribution in [2.45, 2.75) is 46.0 Å². The molecule has 1 fully saturated rings. The number of aromatic nitrogens is 2. The second-order valence-electron chi connectivity index (χ2n) is 12.1. The van der Waals surface area contributed by atoms with E-state index < -0.39 is 0 Å². The van der Waals surface area contributed by atoms with Gasteiger partial charge in [0.15, 0.2) is 0 Å². The number of benzene rings is 3. The normalized spacial score (nSPS) is 16.0. The van der Waals surface area contributed by atoms with Gasteiger partial charge < -0.3 is 20.4 Å². The summed E-state index contributed by atoms with van der Waals surface area (Å²) in [5, 5.41) is 7.34. The molecule has 6 rings (SSSR count). The number of nitrogens with zero attached hydrogens (tertiary/aromatic N) is 4. The number of hydrogen-bond acceptors (Lipinski definition) is 6. The Hall–Kier alpha value is -4.30. The fourth-order valence-electron chi connectivity index (χ4n) is 6.15. The Labute approximate surface area is 247 Å². The fourth-order valence-corrected chi connectivity index (χ4v) is 6.15. The van der Waals surface area contributed by atoms with Gasteiger partial charge in [0.25, 0.3) is 5.91 Å². The number of anilines is 3. The van der Waals surface area contributed by atoms with Gasteiger partial charge in [-0.2, -0.15) is 0 Å². The molecule has 2 aliphatic heterocycles. The molecule has 2 N–H and O–H groups in total. The summed E-state index contributed by atoms with van der Waals surface area (Å²) in [5.41, 5.74) is 7.00. The molecule has 2 aliphatic rings. The number of hydrogen-bond donors (Lipinski definition) is 2. The molecule has 8 nitrogen and oxygen atoms in total. The lowest BCUT2D eigenvalue weighted by molar-refractivity contribution is -0.116. The van der Waals surface area contributed by atoms with Crippen molar-refractivity contribution in [3.63, 3.8) is 0 Å². The molecule has 1 saturated heterocycles. The predicted octanol–water partition coefficient (Wildman–Crippen LogP) is 6.01. The van der Waals surface area contributed by atoms with Gasteiger partial charge in [0.2, 0.25) is 11.9 Å². The van der Waals surface area contributed by atoms with Crippen LogP contribution in [0.15, 0.2) is 60.8 Å². The molecule has 0 spiro atoms. The highest BCUT2D eigenvalue weighted by molar-refractivity contribution is 6.06. The number of carbonyl (C=O) groups is 2. The van der Waals surface area contributed by atoms with E-state index in [1.807, 2.05) is 61.7 Å². The Kier molecular flexibility index (Phi) is 7.41. The van der Waals surface area contributed by atoms with Crippen LogP contribution < -0.4 is 15.5 Å². The Bertz CT molecular complexity index is 1670. The number of nitrogens with one attached hydrogen (secondary N) is 2. The van der Waals surface area contributed by atoms with E-state index in [1.165, 1.54) is 25.9 Å². The first kappa shape index (κ1) is 27.8. The lowest BCUT2D eigenvalue weighted by Crippen LogP contribution is -2.32. The van der Waals surface area contributed by atoms with Crippen LogP contribution in [0.4, 0.5) is 17.3 Å². The van der Waals surface area contributed by atoms with Crippen LogP contribution in [-0.2, 0) is 10.2 Å². The van der Waals surface area contributed by atoms with Gasteiger partial charge >= 0.3 is 0 Å². The fraction of sp³-hybridized carbons (Fsp3) is 0.353. The van der Waals surface area contributed by atoms with Crippen LogP contribution in [0.2, 0.25) is 0 Å². The molecule has 2 amide bonds. The number of aryl methyl sites for hydroxylation is 1. The van der Waals surface area contributed by atoms with Crippen molar-refractivity contribution in [2.75, 3.05) is 48.3 Å². The minimum atomic E-state index is -0.198. The zero-order valence-electron chi connectivity index (χ0n) is 24.8. The van der Waals surface area contributed by atoms with Gasteiger partial charge in [0, 0.05) is 60.5 Å². The van der Waals surface area contributed by atoms with Crippen molar-refractivity contribution in [1.29, 1.82) is 0 Å². The third-order valence-electron chi connectivity index (χ3n) is 8.51. The van der Waals surface area contributed by atoms with Crippen LogP contribution in [0.5, 0.6) is 0 Å². The highest BCUT2D eigenvalue weighted by Crippen LogP contribution is 2.42. The summed E-state index contributed by atoms with van der Waals surface area (Å²) in [5.74, 6) is 0.446. The van der Waals surface area contributed by atoms with Crippen molar-refractivity contribution < 1.29 is 9.59 Å².